The topological polar surface area (TPSA) is 41.1 Å². The van der Waals surface area contributed by atoms with Crippen LogP contribution in [0.25, 0.3) is 0 Å². The van der Waals surface area contributed by atoms with E-state index in [4.69, 9.17) is 11.6 Å². The molecule has 128 valence electrons. The first kappa shape index (κ1) is 18.5. The number of halogens is 6. The van der Waals surface area contributed by atoms with Gasteiger partial charge in [0.15, 0.2) is 0 Å². The lowest BCUT2D eigenvalue weighted by molar-refractivity contribution is -0.137. The molecule has 0 radical (unpaired) electrons. The molecule has 24 heavy (non-hydrogen) atoms. The molecule has 0 saturated carbocycles. The first-order chi connectivity index (χ1) is 11.2. The van der Waals surface area contributed by atoms with Gasteiger partial charge in [0, 0.05) is 22.3 Å². The fourth-order valence-corrected chi connectivity index (χ4v) is 2.48. The molecule has 0 saturated heterocycles. The van der Waals surface area contributed by atoms with Gasteiger partial charge in [0.1, 0.15) is 5.82 Å². The van der Waals surface area contributed by atoms with E-state index in [0.29, 0.717) is 4.47 Å². The average Bonchev–Trinajstić information content (AvgIpc) is 2.49. The Labute approximate surface area is 148 Å². The molecular formula is C15H10BrClF4N2O. The lowest BCUT2D eigenvalue weighted by atomic mass is 10.2. The lowest BCUT2D eigenvalue weighted by Gasteiger charge is -2.12. The molecule has 0 aliphatic carbocycles. The molecule has 0 aliphatic heterocycles. The van der Waals surface area contributed by atoms with Crippen molar-refractivity contribution in [2.24, 2.45) is 0 Å². The quantitative estimate of drug-likeness (QED) is 0.619. The molecule has 2 amide bonds. The summed E-state index contributed by atoms with van der Waals surface area (Å²) in [5.74, 6) is -0.510. The first-order valence-electron chi connectivity index (χ1n) is 6.52. The molecule has 0 bridgehead atoms. The van der Waals surface area contributed by atoms with Crippen LogP contribution in [0.4, 0.5) is 28.0 Å². The van der Waals surface area contributed by atoms with E-state index in [9.17, 15) is 22.4 Å². The molecular weight excluding hydrogens is 416 g/mol. The van der Waals surface area contributed by atoms with E-state index in [1.54, 1.807) is 0 Å². The van der Waals surface area contributed by atoms with E-state index in [2.05, 4.69) is 26.6 Å². The lowest BCUT2D eigenvalue weighted by Crippen LogP contribution is -2.28. The molecule has 0 spiro atoms. The summed E-state index contributed by atoms with van der Waals surface area (Å²) >= 11 is 8.67. The molecule has 0 aromatic heterocycles. The highest BCUT2D eigenvalue weighted by Crippen LogP contribution is 2.36. The van der Waals surface area contributed by atoms with Crippen LogP contribution in [-0.2, 0) is 12.7 Å². The van der Waals surface area contributed by atoms with Crippen LogP contribution < -0.4 is 10.6 Å². The standard InChI is InChI=1S/C15H10BrClF4N2O/c16-9-1-4-13(18)8(5-9)7-22-14(24)23-10-2-3-12(17)11(6-10)15(19,20)21/h1-6H,7H2,(H2,22,23,24). The van der Waals surface area contributed by atoms with Crippen molar-refractivity contribution in [1.82, 2.24) is 5.32 Å². The Balaban J connectivity index is 2.04. The van der Waals surface area contributed by atoms with Crippen LogP contribution in [0.15, 0.2) is 40.9 Å². The van der Waals surface area contributed by atoms with Crippen LogP contribution in [0.1, 0.15) is 11.1 Å². The maximum Gasteiger partial charge on any atom is 0.417 e. The van der Waals surface area contributed by atoms with Crippen LogP contribution in [0.5, 0.6) is 0 Å². The van der Waals surface area contributed by atoms with E-state index in [-0.39, 0.29) is 17.8 Å². The summed E-state index contributed by atoms with van der Waals surface area (Å²) in [6.45, 7) is -0.128. The fourth-order valence-electron chi connectivity index (χ4n) is 1.85. The number of rotatable bonds is 3. The van der Waals surface area contributed by atoms with Crippen LogP contribution in [0, 0.1) is 5.82 Å². The van der Waals surface area contributed by atoms with Crippen molar-refractivity contribution in [1.29, 1.82) is 0 Å². The predicted octanol–water partition coefficient (Wildman–Crippen LogP) is 5.58. The number of amides is 2. The molecule has 2 rings (SSSR count). The SMILES string of the molecule is O=C(NCc1cc(Br)ccc1F)Nc1ccc(Cl)c(C(F)(F)F)c1. The largest absolute Gasteiger partial charge is 0.417 e. The van der Waals surface area contributed by atoms with Gasteiger partial charge in [0.05, 0.1) is 10.6 Å². The summed E-state index contributed by atoms with van der Waals surface area (Å²) < 4.78 is 52.5. The van der Waals surface area contributed by atoms with Gasteiger partial charge in [-0.15, -0.1) is 0 Å². The van der Waals surface area contributed by atoms with E-state index < -0.39 is 28.6 Å². The zero-order valence-corrected chi connectivity index (χ0v) is 14.2. The Morgan fingerprint density at radius 3 is 2.54 bits per heavy atom. The van der Waals surface area contributed by atoms with Gasteiger partial charge >= 0.3 is 12.2 Å². The highest BCUT2D eigenvalue weighted by molar-refractivity contribution is 9.10. The molecule has 9 heteroatoms. The van der Waals surface area contributed by atoms with Crippen molar-refractivity contribution < 1.29 is 22.4 Å². The number of nitrogens with one attached hydrogen (secondary N) is 2. The van der Waals surface area contributed by atoms with Gasteiger partial charge in [-0.05, 0) is 36.4 Å². The molecule has 0 heterocycles. The Kier molecular flexibility index (Phi) is 5.71. The first-order valence-corrected chi connectivity index (χ1v) is 7.69. The normalized spacial score (nSPS) is 11.2. The molecule has 3 nitrogen and oxygen atoms in total. The average molecular weight is 426 g/mol. The number of anilines is 1. The summed E-state index contributed by atoms with van der Waals surface area (Å²) in [6.07, 6.45) is -4.63. The van der Waals surface area contributed by atoms with E-state index in [0.717, 1.165) is 12.1 Å². The van der Waals surface area contributed by atoms with Crippen molar-refractivity contribution in [3.63, 3.8) is 0 Å². The molecule has 0 aliphatic rings. The van der Waals surface area contributed by atoms with Crippen molar-refractivity contribution in [3.8, 4) is 0 Å². The summed E-state index contributed by atoms with van der Waals surface area (Å²) in [7, 11) is 0. The highest BCUT2D eigenvalue weighted by Gasteiger charge is 2.33. The molecule has 2 aromatic rings. The number of carbonyl (C=O) groups is 1. The minimum absolute atomic E-state index is 0.0843. The van der Waals surface area contributed by atoms with E-state index in [1.165, 1.54) is 24.3 Å². The van der Waals surface area contributed by atoms with Crippen LogP contribution in [0.2, 0.25) is 5.02 Å². The molecule has 0 atom stereocenters. The minimum Gasteiger partial charge on any atom is -0.334 e. The zero-order chi connectivity index (χ0) is 17.9. The van der Waals surface area contributed by atoms with Gasteiger partial charge in [-0.3, -0.25) is 0 Å². The van der Waals surface area contributed by atoms with Gasteiger partial charge in [0.25, 0.3) is 0 Å². The number of carbonyl (C=O) groups excluding carboxylic acids is 1. The van der Waals surface area contributed by atoms with Gasteiger partial charge in [0.2, 0.25) is 0 Å². The van der Waals surface area contributed by atoms with Gasteiger partial charge in [-0.25, -0.2) is 9.18 Å². The number of hydrogen-bond donors (Lipinski definition) is 2. The summed E-state index contributed by atoms with van der Waals surface area (Å²) in [6, 6.07) is 6.44. The third-order valence-corrected chi connectivity index (χ3v) is 3.80. The van der Waals surface area contributed by atoms with Crippen molar-refractivity contribution in [2.45, 2.75) is 12.7 Å². The highest BCUT2D eigenvalue weighted by atomic mass is 79.9. The number of urea groups is 1. The Bertz CT molecular complexity index is 768. The van der Waals surface area contributed by atoms with Crippen molar-refractivity contribution in [3.05, 3.63) is 62.8 Å². The summed E-state index contributed by atoms with van der Waals surface area (Å²) in [4.78, 5) is 11.8. The maximum absolute atomic E-state index is 13.5. The number of hydrogen-bond acceptors (Lipinski definition) is 1. The monoisotopic (exact) mass is 424 g/mol. The Morgan fingerprint density at radius 2 is 1.88 bits per heavy atom. The van der Waals surface area contributed by atoms with Gasteiger partial charge in [-0.2, -0.15) is 13.2 Å². The third kappa shape index (κ3) is 4.85. The van der Waals surface area contributed by atoms with Crippen LogP contribution in [-0.4, -0.2) is 6.03 Å². The molecule has 2 aromatic carbocycles. The second-order valence-electron chi connectivity index (χ2n) is 4.74. The Morgan fingerprint density at radius 1 is 1.17 bits per heavy atom. The van der Waals surface area contributed by atoms with Crippen molar-refractivity contribution >= 4 is 39.2 Å². The minimum atomic E-state index is -4.63. The number of benzene rings is 2. The summed E-state index contributed by atoms with van der Waals surface area (Å²) in [5, 5.41) is 4.14. The molecule has 0 fully saturated rings. The number of alkyl halides is 3. The maximum atomic E-state index is 13.5. The second kappa shape index (κ2) is 7.40. The van der Waals surface area contributed by atoms with Crippen molar-refractivity contribution in [2.75, 3.05) is 5.32 Å². The fraction of sp³-hybridized carbons (Fsp3) is 0.133. The van der Waals surface area contributed by atoms with Gasteiger partial charge < -0.3 is 10.6 Å². The van der Waals surface area contributed by atoms with Crippen LogP contribution >= 0.6 is 27.5 Å². The zero-order valence-electron chi connectivity index (χ0n) is 11.8. The summed E-state index contributed by atoms with van der Waals surface area (Å²) in [5.41, 5.74) is -0.912. The third-order valence-electron chi connectivity index (χ3n) is 2.98. The van der Waals surface area contributed by atoms with E-state index in [1.807, 2.05) is 0 Å². The molecule has 0 unspecified atom stereocenters. The Hall–Kier alpha value is -1.80. The smallest absolute Gasteiger partial charge is 0.334 e. The second-order valence-corrected chi connectivity index (χ2v) is 6.06. The predicted molar refractivity (Wildman–Crippen MR) is 86.4 cm³/mol. The molecule has 2 N–H and O–H groups in total. The van der Waals surface area contributed by atoms with Gasteiger partial charge in [-0.1, -0.05) is 27.5 Å². The van der Waals surface area contributed by atoms with E-state index >= 15 is 0 Å². The van der Waals surface area contributed by atoms with Crippen LogP contribution in [0.3, 0.4) is 0 Å².